The second-order valence-electron chi connectivity index (χ2n) is 16.6. The van der Waals surface area contributed by atoms with Crippen molar-refractivity contribution >= 4 is 50.3 Å². The van der Waals surface area contributed by atoms with Crippen molar-refractivity contribution in [2.45, 2.75) is 101 Å². The van der Waals surface area contributed by atoms with Crippen LogP contribution in [0, 0.1) is 29.4 Å². The predicted octanol–water partition coefficient (Wildman–Crippen LogP) is 5.70. The van der Waals surface area contributed by atoms with Crippen LogP contribution < -0.4 is 24.4 Å². The maximum absolute atomic E-state index is 15.5. The van der Waals surface area contributed by atoms with E-state index >= 15 is 9.18 Å². The highest BCUT2D eigenvalue weighted by molar-refractivity contribution is 7.91. The largest absolute Gasteiger partial charge is 0.492 e. The summed E-state index contributed by atoms with van der Waals surface area (Å²) < 4.78 is 69.4. The molecule has 0 bridgehead atoms. The molecule has 3 N–H and O–H groups in total. The number of carbonyl (C=O) groups is 4. The standard InChI is InChI=1S/C42H49F2N5O9S/c1-5-57-34-22-45-37(30-13-9-8-12-29(30)34)58-28-20-33-36(50)46-42(39(52)47-59(55,56)41(4)16-17-41)21-26(42)11-7-6-10-24(2)18-25(3)35(38(51)48(33)23-28)49(40(53)54)32-15-14-27(43)19-31(32)44/h7-9,11-15,19,22,24-26,28,33,35H,5-6,10,16-18,20-21,23H2,1-4H3,(H,46,50)(H,47,52)(H,53,54)/t24-,25-,26-,28-,33+,35+,42-/m1/s1. The molecule has 2 aliphatic heterocycles. The fourth-order valence-corrected chi connectivity index (χ4v) is 9.77. The van der Waals surface area contributed by atoms with Crippen LogP contribution in [0.1, 0.15) is 72.6 Å². The number of rotatable bonds is 9. The summed E-state index contributed by atoms with van der Waals surface area (Å²) in [5.41, 5.74) is -2.20. The molecule has 7 rings (SSSR count). The highest BCUT2D eigenvalue weighted by Crippen LogP contribution is 2.48. The van der Waals surface area contributed by atoms with Crippen molar-refractivity contribution in [3.63, 3.8) is 0 Å². The Morgan fingerprint density at radius 2 is 1.83 bits per heavy atom. The van der Waals surface area contributed by atoms with E-state index in [1.54, 1.807) is 32.1 Å². The van der Waals surface area contributed by atoms with Crippen molar-refractivity contribution in [2.75, 3.05) is 18.1 Å². The molecule has 1 aromatic heterocycles. The van der Waals surface area contributed by atoms with Crippen LogP contribution in [0.5, 0.6) is 11.6 Å². The summed E-state index contributed by atoms with van der Waals surface area (Å²) in [5, 5.41) is 14.8. The lowest BCUT2D eigenvalue weighted by atomic mass is 9.87. The number of halogens is 2. The molecule has 2 aliphatic carbocycles. The molecule has 17 heteroatoms. The molecule has 2 saturated carbocycles. The van der Waals surface area contributed by atoms with Crippen LogP contribution in [0.4, 0.5) is 19.3 Å². The first-order chi connectivity index (χ1) is 28.0. The number of nitrogens with one attached hydrogen (secondary N) is 2. The maximum Gasteiger partial charge on any atom is 0.412 e. The van der Waals surface area contributed by atoms with Crippen LogP contribution in [0.2, 0.25) is 0 Å². The van der Waals surface area contributed by atoms with E-state index in [4.69, 9.17) is 9.47 Å². The number of anilines is 1. The van der Waals surface area contributed by atoms with Gasteiger partial charge in [0.05, 0.1) is 29.8 Å². The van der Waals surface area contributed by atoms with Gasteiger partial charge in [0.2, 0.25) is 27.7 Å². The average molecular weight is 838 g/mol. The molecule has 3 aromatic rings. The third-order valence-corrected chi connectivity index (χ3v) is 14.3. The third kappa shape index (κ3) is 8.17. The Morgan fingerprint density at radius 3 is 2.51 bits per heavy atom. The summed E-state index contributed by atoms with van der Waals surface area (Å²) >= 11 is 0. The lowest BCUT2D eigenvalue weighted by Gasteiger charge is -2.37. The number of sulfonamides is 1. The van der Waals surface area contributed by atoms with Gasteiger partial charge < -0.3 is 24.8 Å². The summed E-state index contributed by atoms with van der Waals surface area (Å²) in [4.78, 5) is 63.2. The van der Waals surface area contributed by atoms with Gasteiger partial charge in [-0.05, 0) is 82.4 Å². The van der Waals surface area contributed by atoms with Crippen molar-refractivity contribution in [3.8, 4) is 11.6 Å². The van der Waals surface area contributed by atoms with Crippen molar-refractivity contribution in [3.05, 3.63) is 72.4 Å². The molecule has 3 heterocycles. The smallest absolute Gasteiger partial charge is 0.412 e. The van der Waals surface area contributed by atoms with E-state index in [-0.39, 0.29) is 31.2 Å². The van der Waals surface area contributed by atoms with E-state index < -0.39 is 91.5 Å². The van der Waals surface area contributed by atoms with E-state index in [0.29, 0.717) is 66.2 Å². The summed E-state index contributed by atoms with van der Waals surface area (Å²) in [5.74, 6) is -5.34. The monoisotopic (exact) mass is 837 g/mol. The van der Waals surface area contributed by atoms with Crippen LogP contribution in [0.3, 0.4) is 0 Å². The number of benzene rings is 2. The zero-order chi connectivity index (χ0) is 42.4. The van der Waals surface area contributed by atoms with Crippen LogP contribution in [-0.4, -0.2) is 88.8 Å². The summed E-state index contributed by atoms with van der Waals surface area (Å²) in [6.07, 6.45) is 4.76. The van der Waals surface area contributed by atoms with E-state index in [1.165, 1.54) is 11.1 Å². The zero-order valence-corrected chi connectivity index (χ0v) is 34.1. The van der Waals surface area contributed by atoms with Gasteiger partial charge in [-0.2, -0.15) is 0 Å². The number of fused-ring (bicyclic) bond motifs is 3. The number of pyridine rings is 1. The van der Waals surface area contributed by atoms with E-state index in [0.717, 1.165) is 12.1 Å². The molecule has 1 saturated heterocycles. The molecule has 59 heavy (non-hydrogen) atoms. The molecule has 7 atom stereocenters. The lowest BCUT2D eigenvalue weighted by Crippen LogP contribution is -2.60. The topological polar surface area (TPSA) is 185 Å². The number of aromatic nitrogens is 1. The Labute approximate surface area is 341 Å². The number of allylic oxidation sites excluding steroid dienone is 1. The highest BCUT2D eigenvalue weighted by Gasteiger charge is 2.63. The predicted molar refractivity (Wildman–Crippen MR) is 213 cm³/mol. The Balaban J connectivity index is 1.29. The van der Waals surface area contributed by atoms with E-state index in [1.807, 2.05) is 32.1 Å². The zero-order valence-electron chi connectivity index (χ0n) is 33.3. The minimum atomic E-state index is -4.09. The van der Waals surface area contributed by atoms with Crippen molar-refractivity contribution in [1.29, 1.82) is 0 Å². The van der Waals surface area contributed by atoms with Crippen molar-refractivity contribution in [2.24, 2.45) is 17.8 Å². The average Bonchev–Trinajstić information content (AvgIpc) is 4.06. The minimum Gasteiger partial charge on any atom is -0.492 e. The molecule has 0 radical (unpaired) electrons. The molecule has 0 spiro atoms. The van der Waals surface area contributed by atoms with Crippen molar-refractivity contribution in [1.82, 2.24) is 19.9 Å². The van der Waals surface area contributed by atoms with Gasteiger partial charge in [0.25, 0.3) is 5.91 Å². The number of carbonyl (C=O) groups excluding carboxylic acids is 3. The normalized spacial score (nSPS) is 28.0. The number of hydrogen-bond donors (Lipinski definition) is 3. The number of amides is 4. The van der Waals surface area contributed by atoms with Gasteiger partial charge in [0, 0.05) is 29.2 Å². The fourth-order valence-electron chi connectivity index (χ4n) is 8.45. The first kappa shape index (κ1) is 41.8. The quantitative estimate of drug-likeness (QED) is 0.226. The lowest BCUT2D eigenvalue weighted by molar-refractivity contribution is -0.141. The molecule has 4 amide bonds. The Kier molecular flexibility index (Phi) is 11.4. The third-order valence-electron chi connectivity index (χ3n) is 12.2. The van der Waals surface area contributed by atoms with Crippen molar-refractivity contribution < 1.29 is 51.0 Å². The summed E-state index contributed by atoms with van der Waals surface area (Å²) in [6.45, 7) is 7.14. The molecule has 0 unspecified atom stereocenters. The molecule has 14 nitrogen and oxygen atoms in total. The minimum absolute atomic E-state index is 0.0790. The SMILES string of the molecule is CCOc1cnc(O[C@@H]2C[C@H]3C(=O)N[C@]4(C(=O)NS(=O)(=O)C5(C)CC5)C[C@H]4C=CCC[C@@H](C)C[C@@H](C)[C@H](N(C(=O)O)c4ccc(F)cc4F)C(=O)N3C2)c2ccccc12. The van der Waals surface area contributed by atoms with Crippen LogP contribution in [0.25, 0.3) is 10.8 Å². The molecule has 4 aliphatic rings. The van der Waals surface area contributed by atoms with Crippen LogP contribution in [-0.2, 0) is 24.4 Å². The van der Waals surface area contributed by atoms with Crippen LogP contribution >= 0.6 is 0 Å². The maximum atomic E-state index is 15.5. The molecular weight excluding hydrogens is 789 g/mol. The molecule has 3 fully saturated rings. The van der Waals surface area contributed by atoms with Gasteiger partial charge in [-0.25, -0.2) is 27.0 Å². The Bertz CT molecular complexity index is 2310. The number of nitrogens with zero attached hydrogens (tertiary/aromatic N) is 3. The van der Waals surface area contributed by atoms with E-state index in [9.17, 15) is 32.3 Å². The molecular formula is C42H49F2N5O9S. The Hall–Kier alpha value is -5.32. The number of carboxylic acid groups (broad SMARTS) is 1. The van der Waals surface area contributed by atoms with Gasteiger partial charge in [-0.3, -0.25) is 24.0 Å². The molecule has 2 aromatic carbocycles. The van der Waals surface area contributed by atoms with Crippen LogP contribution in [0.15, 0.2) is 60.8 Å². The summed E-state index contributed by atoms with van der Waals surface area (Å²) in [7, 11) is -4.09. The van der Waals surface area contributed by atoms with E-state index in [2.05, 4.69) is 15.0 Å². The number of ether oxygens (including phenoxy) is 2. The van der Waals surface area contributed by atoms with Gasteiger partial charge in [-0.1, -0.05) is 44.2 Å². The first-order valence-electron chi connectivity index (χ1n) is 20.0. The highest BCUT2D eigenvalue weighted by atomic mass is 32.2. The Morgan fingerprint density at radius 1 is 1.10 bits per heavy atom. The first-order valence-corrected chi connectivity index (χ1v) is 21.5. The second-order valence-corrected chi connectivity index (χ2v) is 18.8. The van der Waals surface area contributed by atoms with Gasteiger partial charge in [-0.15, -0.1) is 0 Å². The number of hydrogen-bond acceptors (Lipinski definition) is 9. The fraction of sp³-hybridized carbons (Fsp3) is 0.500. The van der Waals surface area contributed by atoms with Gasteiger partial charge >= 0.3 is 6.09 Å². The summed E-state index contributed by atoms with van der Waals surface area (Å²) in [6, 6.07) is 6.67. The van der Waals surface area contributed by atoms with Gasteiger partial charge in [0.15, 0.2) is 0 Å². The van der Waals surface area contributed by atoms with Gasteiger partial charge in [0.1, 0.15) is 41.1 Å². The second kappa shape index (κ2) is 16.0. The molecule has 316 valence electrons.